The lowest BCUT2D eigenvalue weighted by Crippen LogP contribution is -1.87. The van der Waals surface area contributed by atoms with Crippen molar-refractivity contribution in [3.63, 3.8) is 0 Å². The van der Waals surface area contributed by atoms with Crippen molar-refractivity contribution in [2.75, 3.05) is 6.61 Å². The Bertz CT molecular complexity index is 308. The van der Waals surface area contributed by atoms with E-state index in [0.29, 0.717) is 12.1 Å². The van der Waals surface area contributed by atoms with Crippen LogP contribution in [-0.4, -0.2) is 21.8 Å². The minimum Gasteiger partial charge on any atom is -0.395 e. The highest BCUT2D eigenvalue weighted by atomic mass is 16.3. The molecule has 0 atom stereocenters. The number of hydrogen-bond donors (Lipinski definition) is 2. The number of aliphatic hydroxyl groups is 2. The molecule has 1 rings (SSSR count). The second kappa shape index (κ2) is 5.31. The monoisotopic (exact) mass is 177 g/mol. The molecule has 0 aliphatic heterocycles. The van der Waals surface area contributed by atoms with E-state index >= 15 is 0 Å². The summed E-state index contributed by atoms with van der Waals surface area (Å²) in [6.07, 6.45) is 2.05. The first-order valence-electron chi connectivity index (χ1n) is 4.02. The maximum Gasteiger partial charge on any atom is 0.113 e. The predicted molar refractivity (Wildman–Crippen MR) is 48.7 cm³/mol. The molecule has 0 fully saturated rings. The van der Waals surface area contributed by atoms with E-state index < -0.39 is 0 Å². The molecule has 0 spiro atoms. The van der Waals surface area contributed by atoms with Crippen molar-refractivity contribution in [2.24, 2.45) is 0 Å². The molecule has 0 amide bonds. The summed E-state index contributed by atoms with van der Waals surface area (Å²) in [5, 5.41) is 17.2. The number of pyridine rings is 1. The van der Waals surface area contributed by atoms with E-state index in [-0.39, 0.29) is 13.2 Å². The van der Waals surface area contributed by atoms with E-state index in [1.54, 1.807) is 18.3 Å². The fraction of sp³-hybridized carbons (Fsp3) is 0.300. The standard InChI is InChI=1S/C10H11NO2/c12-6-2-1-3-10-5-4-9(8-13)7-11-10/h4-5,7,12-13H,2,6,8H2. The number of aromatic nitrogens is 1. The van der Waals surface area contributed by atoms with Crippen molar-refractivity contribution in [1.82, 2.24) is 4.98 Å². The van der Waals surface area contributed by atoms with Crippen molar-refractivity contribution in [3.05, 3.63) is 29.6 Å². The molecular weight excluding hydrogens is 166 g/mol. The molecule has 0 bridgehead atoms. The SMILES string of the molecule is OCCC#Cc1ccc(CO)cn1. The van der Waals surface area contributed by atoms with Crippen molar-refractivity contribution < 1.29 is 10.2 Å². The van der Waals surface area contributed by atoms with Crippen LogP contribution in [0.4, 0.5) is 0 Å². The predicted octanol–water partition coefficient (Wildman–Crippen LogP) is 0.308. The van der Waals surface area contributed by atoms with E-state index in [4.69, 9.17) is 10.2 Å². The molecule has 13 heavy (non-hydrogen) atoms. The lowest BCUT2D eigenvalue weighted by molar-refractivity contribution is 0.281. The van der Waals surface area contributed by atoms with Gasteiger partial charge in [0.05, 0.1) is 13.2 Å². The highest BCUT2D eigenvalue weighted by molar-refractivity contribution is 5.28. The van der Waals surface area contributed by atoms with Gasteiger partial charge >= 0.3 is 0 Å². The quantitative estimate of drug-likeness (QED) is 0.639. The molecular formula is C10H11NO2. The fourth-order valence-corrected chi connectivity index (χ4v) is 0.801. The number of aliphatic hydroxyl groups excluding tert-OH is 2. The lowest BCUT2D eigenvalue weighted by atomic mass is 10.2. The summed E-state index contributed by atoms with van der Waals surface area (Å²) in [4.78, 5) is 4.01. The Morgan fingerprint density at radius 3 is 2.69 bits per heavy atom. The van der Waals surface area contributed by atoms with Gasteiger partial charge in [0, 0.05) is 12.6 Å². The third-order valence-corrected chi connectivity index (χ3v) is 1.46. The van der Waals surface area contributed by atoms with Crippen LogP contribution in [0.1, 0.15) is 17.7 Å². The molecule has 0 saturated heterocycles. The molecule has 3 heteroatoms. The first-order chi connectivity index (χ1) is 6.36. The molecule has 0 saturated carbocycles. The smallest absolute Gasteiger partial charge is 0.113 e. The highest BCUT2D eigenvalue weighted by Crippen LogP contribution is 1.98. The van der Waals surface area contributed by atoms with Crippen LogP contribution in [-0.2, 0) is 6.61 Å². The molecule has 0 unspecified atom stereocenters. The Labute approximate surface area is 77.1 Å². The Hall–Kier alpha value is -1.37. The van der Waals surface area contributed by atoms with E-state index in [2.05, 4.69) is 16.8 Å². The van der Waals surface area contributed by atoms with Gasteiger partial charge in [-0.3, -0.25) is 0 Å². The molecule has 1 aromatic rings. The van der Waals surface area contributed by atoms with Crippen LogP contribution < -0.4 is 0 Å². The summed E-state index contributed by atoms with van der Waals surface area (Å²) < 4.78 is 0. The third-order valence-electron chi connectivity index (χ3n) is 1.46. The minimum atomic E-state index is -0.00263. The first-order valence-corrected chi connectivity index (χ1v) is 4.02. The van der Waals surface area contributed by atoms with Crippen LogP contribution in [0, 0.1) is 11.8 Å². The van der Waals surface area contributed by atoms with Gasteiger partial charge in [-0.05, 0) is 17.6 Å². The average Bonchev–Trinajstić information content (AvgIpc) is 2.19. The van der Waals surface area contributed by atoms with Gasteiger partial charge in [0.1, 0.15) is 5.69 Å². The van der Waals surface area contributed by atoms with Crippen LogP contribution in [0.2, 0.25) is 0 Å². The van der Waals surface area contributed by atoms with Crippen molar-refractivity contribution in [1.29, 1.82) is 0 Å². The number of rotatable bonds is 2. The van der Waals surface area contributed by atoms with E-state index in [1.807, 2.05) is 0 Å². The zero-order chi connectivity index (χ0) is 9.52. The molecule has 1 aromatic heterocycles. The van der Waals surface area contributed by atoms with Gasteiger partial charge in [0.15, 0.2) is 0 Å². The topological polar surface area (TPSA) is 53.4 Å². The molecule has 2 N–H and O–H groups in total. The third kappa shape index (κ3) is 3.24. The molecule has 1 heterocycles. The normalized spacial score (nSPS) is 9.08. The van der Waals surface area contributed by atoms with E-state index in [1.165, 1.54) is 0 Å². The molecule has 3 nitrogen and oxygen atoms in total. The van der Waals surface area contributed by atoms with Crippen LogP contribution in [0.15, 0.2) is 18.3 Å². The summed E-state index contributed by atoms with van der Waals surface area (Å²) >= 11 is 0. The van der Waals surface area contributed by atoms with Gasteiger partial charge in [-0.25, -0.2) is 4.98 Å². The van der Waals surface area contributed by atoms with Crippen LogP contribution in [0.5, 0.6) is 0 Å². The highest BCUT2D eigenvalue weighted by Gasteiger charge is 1.90. The fourth-order valence-electron chi connectivity index (χ4n) is 0.801. The number of hydrogen-bond acceptors (Lipinski definition) is 3. The van der Waals surface area contributed by atoms with Gasteiger partial charge in [0.2, 0.25) is 0 Å². The van der Waals surface area contributed by atoms with Crippen LogP contribution in [0.3, 0.4) is 0 Å². The number of nitrogens with zero attached hydrogens (tertiary/aromatic N) is 1. The van der Waals surface area contributed by atoms with Crippen molar-refractivity contribution in [3.8, 4) is 11.8 Å². The summed E-state index contributed by atoms with van der Waals surface area (Å²) in [6, 6.07) is 3.52. The Morgan fingerprint density at radius 1 is 1.31 bits per heavy atom. The zero-order valence-corrected chi connectivity index (χ0v) is 7.20. The summed E-state index contributed by atoms with van der Waals surface area (Å²) in [5.41, 5.74) is 1.43. The van der Waals surface area contributed by atoms with Crippen molar-refractivity contribution in [2.45, 2.75) is 13.0 Å². The molecule has 0 aliphatic rings. The maximum atomic E-state index is 8.73. The summed E-state index contributed by atoms with van der Waals surface area (Å²) in [5.74, 6) is 5.56. The Kier molecular flexibility index (Phi) is 3.97. The molecule has 68 valence electrons. The average molecular weight is 177 g/mol. The molecule has 0 aromatic carbocycles. The lowest BCUT2D eigenvalue weighted by Gasteiger charge is -1.93. The minimum absolute atomic E-state index is 0.00263. The Morgan fingerprint density at radius 2 is 2.15 bits per heavy atom. The Balaban J connectivity index is 2.65. The second-order valence-corrected chi connectivity index (χ2v) is 2.49. The first kappa shape index (κ1) is 9.72. The van der Waals surface area contributed by atoms with Crippen molar-refractivity contribution >= 4 is 0 Å². The van der Waals surface area contributed by atoms with Gasteiger partial charge in [-0.2, -0.15) is 0 Å². The summed E-state index contributed by atoms with van der Waals surface area (Å²) in [6.45, 7) is 0.0685. The van der Waals surface area contributed by atoms with Gasteiger partial charge in [-0.1, -0.05) is 12.0 Å². The van der Waals surface area contributed by atoms with Gasteiger partial charge in [0.25, 0.3) is 0 Å². The largest absolute Gasteiger partial charge is 0.395 e. The molecule has 0 aliphatic carbocycles. The zero-order valence-electron chi connectivity index (χ0n) is 7.20. The van der Waals surface area contributed by atoms with Gasteiger partial charge < -0.3 is 10.2 Å². The maximum absolute atomic E-state index is 8.73. The van der Waals surface area contributed by atoms with Crippen LogP contribution >= 0.6 is 0 Å². The van der Waals surface area contributed by atoms with Gasteiger partial charge in [-0.15, -0.1) is 0 Å². The van der Waals surface area contributed by atoms with E-state index in [0.717, 1.165) is 5.56 Å². The molecule has 0 radical (unpaired) electrons. The van der Waals surface area contributed by atoms with Crippen LogP contribution in [0.25, 0.3) is 0 Å². The summed E-state index contributed by atoms with van der Waals surface area (Å²) in [7, 11) is 0. The second-order valence-electron chi connectivity index (χ2n) is 2.49. The van der Waals surface area contributed by atoms with E-state index in [9.17, 15) is 0 Å².